The van der Waals surface area contributed by atoms with E-state index in [-0.39, 0.29) is 17.4 Å². The molecule has 5 nitrogen and oxygen atoms in total. The minimum Gasteiger partial charge on any atom is -0.351 e. The van der Waals surface area contributed by atoms with Crippen LogP contribution >= 0.6 is 0 Å². The normalized spacial score (nSPS) is 21.6. The minimum atomic E-state index is -0.0651. The third-order valence-electron chi connectivity index (χ3n) is 4.40. The molecule has 0 aliphatic carbocycles. The van der Waals surface area contributed by atoms with Crippen LogP contribution in [0.15, 0.2) is 24.5 Å². The molecule has 1 aromatic heterocycles. The van der Waals surface area contributed by atoms with Gasteiger partial charge in [0.2, 0.25) is 5.91 Å². The van der Waals surface area contributed by atoms with Crippen molar-refractivity contribution in [2.75, 3.05) is 13.1 Å². The second-order valence-electron chi connectivity index (χ2n) is 5.71. The fourth-order valence-corrected chi connectivity index (χ4v) is 3.20. The van der Waals surface area contributed by atoms with Crippen molar-refractivity contribution in [3.63, 3.8) is 0 Å². The predicted octanol–water partition coefficient (Wildman–Crippen LogP) is 1.36. The summed E-state index contributed by atoms with van der Waals surface area (Å²) in [5.74, 6) is 0.217. The fraction of sp³-hybridized carbons (Fsp3) is 0.533. The molecule has 0 radical (unpaired) electrons. The molecule has 1 aromatic rings. The van der Waals surface area contributed by atoms with E-state index in [2.05, 4.69) is 10.3 Å². The van der Waals surface area contributed by atoms with Gasteiger partial charge in [-0.3, -0.25) is 14.6 Å². The largest absolute Gasteiger partial charge is 0.351 e. The molecular weight excluding hydrogens is 254 g/mol. The van der Waals surface area contributed by atoms with E-state index in [1.54, 1.807) is 24.5 Å². The van der Waals surface area contributed by atoms with Gasteiger partial charge in [-0.05, 0) is 37.8 Å². The van der Waals surface area contributed by atoms with E-state index in [4.69, 9.17) is 0 Å². The second-order valence-corrected chi connectivity index (χ2v) is 5.71. The van der Waals surface area contributed by atoms with Crippen LogP contribution < -0.4 is 5.32 Å². The van der Waals surface area contributed by atoms with Crippen LogP contribution in [-0.4, -0.2) is 40.3 Å². The molecule has 106 valence electrons. The number of hydrogen-bond donors (Lipinski definition) is 1. The van der Waals surface area contributed by atoms with Crippen molar-refractivity contribution >= 4 is 11.8 Å². The number of rotatable bonds is 1. The summed E-state index contributed by atoms with van der Waals surface area (Å²) in [6.45, 7) is 1.42. The first-order valence-electron chi connectivity index (χ1n) is 7.19. The highest BCUT2D eigenvalue weighted by atomic mass is 16.2. The zero-order chi connectivity index (χ0) is 14.0. The molecular formula is C15H19N3O2. The first-order valence-corrected chi connectivity index (χ1v) is 7.19. The Kier molecular flexibility index (Phi) is 3.42. The summed E-state index contributed by atoms with van der Waals surface area (Å²) in [4.78, 5) is 29.7. The Balaban J connectivity index is 1.64. The lowest BCUT2D eigenvalue weighted by molar-refractivity contribution is -0.125. The Bertz CT molecular complexity index is 507. The molecule has 0 bridgehead atoms. The molecule has 2 saturated heterocycles. The molecule has 1 spiro atoms. The molecule has 5 heteroatoms. The lowest BCUT2D eigenvalue weighted by Gasteiger charge is -2.44. The molecule has 1 N–H and O–H groups in total. The van der Waals surface area contributed by atoms with Crippen molar-refractivity contribution in [3.8, 4) is 0 Å². The molecule has 2 aliphatic rings. The lowest BCUT2D eigenvalue weighted by atomic mass is 9.80. The van der Waals surface area contributed by atoms with Crippen LogP contribution in [-0.2, 0) is 4.79 Å². The topological polar surface area (TPSA) is 62.3 Å². The van der Waals surface area contributed by atoms with Gasteiger partial charge in [0.1, 0.15) is 0 Å². The highest BCUT2D eigenvalue weighted by Gasteiger charge is 2.38. The van der Waals surface area contributed by atoms with Crippen molar-refractivity contribution in [3.05, 3.63) is 30.1 Å². The maximum atomic E-state index is 12.3. The third kappa shape index (κ3) is 2.53. The van der Waals surface area contributed by atoms with E-state index >= 15 is 0 Å². The average Bonchev–Trinajstić information content (AvgIpc) is 2.48. The van der Waals surface area contributed by atoms with Crippen molar-refractivity contribution in [1.82, 2.24) is 15.2 Å². The van der Waals surface area contributed by atoms with E-state index in [0.29, 0.717) is 25.1 Å². The molecule has 2 fully saturated rings. The minimum absolute atomic E-state index is 0.0596. The number of hydrogen-bond acceptors (Lipinski definition) is 3. The summed E-state index contributed by atoms with van der Waals surface area (Å²) < 4.78 is 0. The number of nitrogens with zero attached hydrogens (tertiary/aromatic N) is 2. The van der Waals surface area contributed by atoms with Gasteiger partial charge in [0.05, 0.1) is 0 Å². The average molecular weight is 273 g/mol. The number of pyridine rings is 1. The van der Waals surface area contributed by atoms with Gasteiger partial charge < -0.3 is 10.2 Å². The summed E-state index contributed by atoms with van der Waals surface area (Å²) in [5.41, 5.74) is 0.619. The quantitative estimate of drug-likeness (QED) is 0.840. The molecule has 2 aliphatic heterocycles. The standard InChI is InChI=1S/C15H19N3O2/c19-13-2-1-5-15(17-13)6-10-18(11-7-15)14(20)12-3-8-16-9-4-12/h3-4,8-9H,1-2,5-7,10-11H2,(H,17,19). The second kappa shape index (κ2) is 5.23. The van der Waals surface area contributed by atoms with Gasteiger partial charge in [-0.15, -0.1) is 0 Å². The van der Waals surface area contributed by atoms with E-state index in [1.807, 2.05) is 4.90 Å². The van der Waals surface area contributed by atoms with Gasteiger partial charge in [-0.2, -0.15) is 0 Å². The fourth-order valence-electron chi connectivity index (χ4n) is 3.20. The smallest absolute Gasteiger partial charge is 0.253 e. The SMILES string of the molecule is O=C1CCCC2(CCN(C(=O)c3ccncc3)CC2)N1. The van der Waals surface area contributed by atoms with Crippen LogP contribution in [0, 0.1) is 0 Å². The van der Waals surface area contributed by atoms with Gasteiger partial charge in [0.25, 0.3) is 5.91 Å². The van der Waals surface area contributed by atoms with Crippen molar-refractivity contribution in [1.29, 1.82) is 0 Å². The number of likely N-dealkylation sites (tertiary alicyclic amines) is 1. The molecule has 2 amide bonds. The molecule has 0 unspecified atom stereocenters. The number of piperidine rings is 2. The Labute approximate surface area is 118 Å². The van der Waals surface area contributed by atoms with Gasteiger partial charge in [-0.25, -0.2) is 0 Å². The van der Waals surface area contributed by atoms with E-state index in [1.165, 1.54) is 0 Å². The predicted molar refractivity (Wildman–Crippen MR) is 74.1 cm³/mol. The summed E-state index contributed by atoms with van der Waals surface area (Å²) in [5, 5.41) is 3.14. The van der Waals surface area contributed by atoms with E-state index in [9.17, 15) is 9.59 Å². The van der Waals surface area contributed by atoms with Crippen molar-refractivity contribution in [2.24, 2.45) is 0 Å². The lowest BCUT2D eigenvalue weighted by Crippen LogP contribution is -2.58. The van der Waals surface area contributed by atoms with Crippen molar-refractivity contribution < 1.29 is 9.59 Å². The number of amides is 2. The first kappa shape index (κ1) is 13.1. The monoisotopic (exact) mass is 273 g/mol. The zero-order valence-corrected chi connectivity index (χ0v) is 11.5. The molecule has 20 heavy (non-hydrogen) atoms. The number of nitrogens with one attached hydrogen (secondary N) is 1. The van der Waals surface area contributed by atoms with Crippen LogP contribution in [0.3, 0.4) is 0 Å². The number of carbonyl (C=O) groups is 2. The molecule has 0 saturated carbocycles. The molecule has 0 atom stereocenters. The van der Waals surface area contributed by atoms with E-state index in [0.717, 1.165) is 25.7 Å². The van der Waals surface area contributed by atoms with Crippen LogP contribution in [0.5, 0.6) is 0 Å². The summed E-state index contributed by atoms with van der Waals surface area (Å²) >= 11 is 0. The van der Waals surface area contributed by atoms with Gasteiger partial charge in [0.15, 0.2) is 0 Å². The van der Waals surface area contributed by atoms with Crippen LogP contribution in [0.2, 0.25) is 0 Å². The highest BCUT2D eigenvalue weighted by Crippen LogP contribution is 2.31. The summed E-state index contributed by atoms with van der Waals surface area (Å²) in [6.07, 6.45) is 7.63. The Hall–Kier alpha value is -1.91. The van der Waals surface area contributed by atoms with Crippen molar-refractivity contribution in [2.45, 2.75) is 37.6 Å². The summed E-state index contributed by atoms with van der Waals surface area (Å²) in [7, 11) is 0. The Morgan fingerprint density at radius 1 is 1.20 bits per heavy atom. The van der Waals surface area contributed by atoms with E-state index < -0.39 is 0 Å². The van der Waals surface area contributed by atoms with Gasteiger partial charge in [-0.1, -0.05) is 0 Å². The van der Waals surface area contributed by atoms with Crippen LogP contribution in [0.4, 0.5) is 0 Å². The highest BCUT2D eigenvalue weighted by molar-refractivity contribution is 5.94. The Morgan fingerprint density at radius 3 is 2.55 bits per heavy atom. The molecule has 3 heterocycles. The maximum Gasteiger partial charge on any atom is 0.253 e. The zero-order valence-electron chi connectivity index (χ0n) is 11.5. The van der Waals surface area contributed by atoms with Crippen LogP contribution in [0.1, 0.15) is 42.5 Å². The Morgan fingerprint density at radius 2 is 1.90 bits per heavy atom. The molecule has 0 aromatic carbocycles. The van der Waals surface area contributed by atoms with Gasteiger partial charge >= 0.3 is 0 Å². The number of carbonyl (C=O) groups excluding carboxylic acids is 2. The first-order chi connectivity index (χ1) is 9.69. The van der Waals surface area contributed by atoms with Crippen LogP contribution in [0.25, 0.3) is 0 Å². The number of aromatic nitrogens is 1. The third-order valence-corrected chi connectivity index (χ3v) is 4.40. The summed E-state index contributed by atoms with van der Waals surface area (Å²) in [6, 6.07) is 3.49. The van der Waals surface area contributed by atoms with Gasteiger partial charge in [0, 0.05) is 43.0 Å². The maximum absolute atomic E-state index is 12.3. The molecule has 3 rings (SSSR count).